The zero-order valence-electron chi connectivity index (χ0n) is 15.5. The van der Waals surface area contributed by atoms with Crippen LogP contribution in [0.2, 0.25) is 0 Å². The van der Waals surface area contributed by atoms with Crippen LogP contribution in [0.25, 0.3) is 0 Å². The van der Waals surface area contributed by atoms with Gasteiger partial charge < -0.3 is 10.0 Å². The van der Waals surface area contributed by atoms with Crippen molar-refractivity contribution in [1.82, 2.24) is 0 Å². The maximum absolute atomic E-state index is 13.3. The maximum Gasteiger partial charge on any atom is 0.233 e. The minimum absolute atomic E-state index is 0.00520. The largest absolute Gasteiger partial charge is 0.508 e. The van der Waals surface area contributed by atoms with Gasteiger partial charge >= 0.3 is 0 Å². The summed E-state index contributed by atoms with van der Waals surface area (Å²) in [5.41, 5.74) is 1.57. The van der Waals surface area contributed by atoms with E-state index in [-0.39, 0.29) is 35.3 Å². The molecule has 29 heavy (non-hydrogen) atoms. The van der Waals surface area contributed by atoms with Gasteiger partial charge in [0.25, 0.3) is 0 Å². The molecule has 0 aliphatic carbocycles. The Morgan fingerprint density at radius 2 is 1.45 bits per heavy atom. The van der Waals surface area contributed by atoms with E-state index >= 15 is 0 Å². The lowest BCUT2D eigenvalue weighted by Gasteiger charge is -2.47. The Labute approximate surface area is 172 Å². The van der Waals surface area contributed by atoms with Crippen LogP contribution in [0.4, 0.5) is 14.5 Å². The van der Waals surface area contributed by atoms with Crippen molar-refractivity contribution in [2.45, 2.75) is 17.4 Å². The molecular weight excluding hydrogens is 392 g/mol. The minimum Gasteiger partial charge on any atom is -0.508 e. The topological polar surface area (TPSA) is 40.5 Å². The van der Waals surface area contributed by atoms with E-state index in [1.54, 1.807) is 53.1 Å². The molecule has 148 valence electrons. The van der Waals surface area contributed by atoms with Crippen LogP contribution in [0, 0.1) is 17.6 Å². The number of hydrogen-bond acceptors (Lipinski definition) is 3. The number of carbonyl (C=O) groups excluding carboxylic acids is 1. The molecule has 1 heterocycles. The number of rotatable bonds is 6. The van der Waals surface area contributed by atoms with Gasteiger partial charge in [0.15, 0.2) is 0 Å². The van der Waals surface area contributed by atoms with Crippen molar-refractivity contribution in [3.63, 3.8) is 0 Å². The van der Waals surface area contributed by atoms with Crippen LogP contribution in [-0.4, -0.2) is 16.8 Å². The Bertz CT molecular complexity index is 991. The molecule has 0 bridgehead atoms. The normalized spacial score (nSPS) is 18.6. The average molecular weight is 411 g/mol. The predicted molar refractivity (Wildman–Crippen MR) is 110 cm³/mol. The average Bonchev–Trinajstić information content (AvgIpc) is 2.72. The first kappa shape index (κ1) is 19.5. The zero-order valence-corrected chi connectivity index (χ0v) is 16.3. The van der Waals surface area contributed by atoms with E-state index in [0.717, 1.165) is 10.5 Å². The van der Waals surface area contributed by atoms with Gasteiger partial charge in [0.2, 0.25) is 5.91 Å². The smallest absolute Gasteiger partial charge is 0.233 e. The molecule has 4 rings (SSSR count). The highest BCUT2D eigenvalue weighted by molar-refractivity contribution is 7.99. The summed E-state index contributed by atoms with van der Waals surface area (Å²) in [6.45, 7) is 0. The maximum atomic E-state index is 13.3. The molecule has 1 N–H and O–H groups in total. The van der Waals surface area contributed by atoms with E-state index in [1.807, 2.05) is 12.1 Å². The van der Waals surface area contributed by atoms with Gasteiger partial charge in [-0.2, -0.15) is 0 Å². The molecule has 1 aliphatic heterocycles. The van der Waals surface area contributed by atoms with E-state index in [9.17, 15) is 18.7 Å². The van der Waals surface area contributed by atoms with Gasteiger partial charge in [-0.3, -0.25) is 4.79 Å². The van der Waals surface area contributed by atoms with E-state index in [4.69, 9.17) is 0 Å². The van der Waals surface area contributed by atoms with Crippen molar-refractivity contribution < 1.29 is 18.7 Å². The third-order valence-corrected chi connectivity index (χ3v) is 6.11. The van der Waals surface area contributed by atoms with Crippen LogP contribution < -0.4 is 4.90 Å². The number of halogens is 2. The summed E-state index contributed by atoms with van der Waals surface area (Å²) in [5, 5.41) is 9.60. The third kappa shape index (κ3) is 4.12. The standard InChI is InChI=1S/C23H19F2NO2S/c24-16-3-7-18(8-4-16)26-22(15-1-9-19(27)10-2-15)21(23(26)28)13-14-29-20-11-5-17(25)6-12-20/h1-12,21-22,27H,13-14H2. The van der Waals surface area contributed by atoms with Gasteiger partial charge in [-0.15, -0.1) is 11.8 Å². The summed E-state index contributed by atoms with van der Waals surface area (Å²) >= 11 is 1.58. The van der Waals surface area contributed by atoms with Crippen LogP contribution in [0.1, 0.15) is 18.0 Å². The third-order valence-electron chi connectivity index (χ3n) is 5.06. The number of thioether (sulfide) groups is 1. The van der Waals surface area contributed by atoms with Gasteiger partial charge in [-0.25, -0.2) is 8.78 Å². The van der Waals surface area contributed by atoms with Crippen molar-refractivity contribution in [1.29, 1.82) is 0 Å². The van der Waals surface area contributed by atoms with Crippen LogP contribution in [0.15, 0.2) is 77.7 Å². The molecule has 3 aromatic rings. The molecule has 0 aromatic heterocycles. The molecule has 3 aromatic carbocycles. The molecular formula is C23H19F2NO2S. The second kappa shape index (κ2) is 8.25. The van der Waals surface area contributed by atoms with Crippen molar-refractivity contribution >= 4 is 23.4 Å². The summed E-state index contributed by atoms with van der Waals surface area (Å²) in [5.74, 6) is 0.0394. The van der Waals surface area contributed by atoms with Crippen LogP contribution in [-0.2, 0) is 4.79 Å². The first-order valence-electron chi connectivity index (χ1n) is 9.29. The molecule has 0 spiro atoms. The lowest BCUT2D eigenvalue weighted by molar-refractivity contribution is -0.130. The van der Waals surface area contributed by atoms with E-state index < -0.39 is 0 Å². The number of benzene rings is 3. The predicted octanol–water partition coefficient (Wildman–Crippen LogP) is 5.56. The molecule has 0 radical (unpaired) electrons. The summed E-state index contributed by atoms with van der Waals surface area (Å²) in [6.07, 6.45) is 0.657. The van der Waals surface area contributed by atoms with E-state index in [0.29, 0.717) is 17.9 Å². The highest BCUT2D eigenvalue weighted by Crippen LogP contribution is 2.46. The number of phenolic OH excluding ortho intramolecular Hbond substituents is 1. The number of amides is 1. The monoisotopic (exact) mass is 411 g/mol. The lowest BCUT2D eigenvalue weighted by atomic mass is 9.80. The number of anilines is 1. The molecule has 6 heteroatoms. The Balaban J connectivity index is 1.52. The van der Waals surface area contributed by atoms with Crippen LogP contribution in [0.3, 0.4) is 0 Å². The number of carbonyl (C=O) groups is 1. The molecule has 1 saturated heterocycles. The fraction of sp³-hybridized carbons (Fsp3) is 0.174. The molecule has 1 fully saturated rings. The number of aromatic hydroxyl groups is 1. The number of β-lactam (4-membered cyclic amide) rings is 1. The zero-order chi connectivity index (χ0) is 20.4. The quantitative estimate of drug-likeness (QED) is 0.427. The van der Waals surface area contributed by atoms with Gasteiger partial charge in [-0.1, -0.05) is 12.1 Å². The Hall–Kier alpha value is -2.86. The van der Waals surface area contributed by atoms with Crippen molar-refractivity contribution in [3.05, 3.63) is 90.0 Å². The number of phenols is 1. The lowest BCUT2D eigenvalue weighted by Crippen LogP contribution is -2.55. The fourth-order valence-corrected chi connectivity index (χ4v) is 4.54. The van der Waals surface area contributed by atoms with Crippen molar-refractivity contribution in [2.24, 2.45) is 5.92 Å². The van der Waals surface area contributed by atoms with Crippen LogP contribution >= 0.6 is 11.8 Å². The first-order valence-corrected chi connectivity index (χ1v) is 10.3. The Morgan fingerprint density at radius 1 is 0.862 bits per heavy atom. The molecule has 2 atom stereocenters. The second-order valence-corrected chi connectivity index (χ2v) is 8.09. The minimum atomic E-state index is -0.352. The Kier molecular flexibility index (Phi) is 5.53. The van der Waals surface area contributed by atoms with Crippen LogP contribution in [0.5, 0.6) is 5.75 Å². The molecule has 0 saturated carbocycles. The van der Waals surface area contributed by atoms with Gasteiger partial charge in [0, 0.05) is 10.6 Å². The molecule has 1 aliphatic rings. The molecule has 3 nitrogen and oxygen atoms in total. The molecule has 1 amide bonds. The number of nitrogens with zero attached hydrogens (tertiary/aromatic N) is 1. The summed E-state index contributed by atoms with van der Waals surface area (Å²) in [6, 6.07) is 18.8. The fourth-order valence-electron chi connectivity index (χ4n) is 3.61. The summed E-state index contributed by atoms with van der Waals surface area (Å²) in [4.78, 5) is 15.5. The van der Waals surface area contributed by atoms with Crippen molar-refractivity contribution in [3.8, 4) is 5.75 Å². The van der Waals surface area contributed by atoms with E-state index in [2.05, 4.69) is 0 Å². The highest BCUT2D eigenvalue weighted by Gasteiger charge is 2.48. The van der Waals surface area contributed by atoms with Crippen molar-refractivity contribution in [2.75, 3.05) is 10.7 Å². The molecule has 2 unspecified atom stereocenters. The summed E-state index contributed by atoms with van der Waals surface area (Å²) in [7, 11) is 0. The van der Waals surface area contributed by atoms with Gasteiger partial charge in [-0.05, 0) is 78.4 Å². The second-order valence-electron chi connectivity index (χ2n) is 6.92. The highest BCUT2D eigenvalue weighted by atomic mass is 32.2. The first-order chi connectivity index (χ1) is 14.0. The number of hydrogen-bond donors (Lipinski definition) is 1. The SMILES string of the molecule is O=C1C(CCSc2ccc(F)cc2)C(c2ccc(O)cc2)N1c1ccc(F)cc1. The van der Waals surface area contributed by atoms with Gasteiger partial charge in [0.05, 0.1) is 12.0 Å². The summed E-state index contributed by atoms with van der Waals surface area (Å²) < 4.78 is 26.4. The van der Waals surface area contributed by atoms with Gasteiger partial charge in [0.1, 0.15) is 17.4 Å². The Morgan fingerprint density at radius 3 is 2.07 bits per heavy atom. The van der Waals surface area contributed by atoms with E-state index in [1.165, 1.54) is 24.3 Å².